The predicted octanol–water partition coefficient (Wildman–Crippen LogP) is 3.88. The Labute approximate surface area is 153 Å². The molecule has 1 aromatic heterocycles. The lowest BCUT2D eigenvalue weighted by molar-refractivity contribution is 0.0692. The van der Waals surface area contributed by atoms with Crippen LogP contribution in [0.4, 0.5) is 0 Å². The third-order valence-electron chi connectivity index (χ3n) is 5.58. The number of nitrogens with zero attached hydrogens (tertiary/aromatic N) is 3. The van der Waals surface area contributed by atoms with Gasteiger partial charge in [-0.25, -0.2) is 0 Å². The molecule has 26 heavy (non-hydrogen) atoms. The van der Waals surface area contributed by atoms with Gasteiger partial charge < -0.3 is 9.47 Å². The molecule has 2 aromatic carbocycles. The van der Waals surface area contributed by atoms with Crippen LogP contribution in [0.1, 0.15) is 28.8 Å². The van der Waals surface area contributed by atoms with Crippen molar-refractivity contribution in [2.45, 2.75) is 18.3 Å². The maximum atomic E-state index is 12.9. The number of rotatable bonds is 2. The number of benzene rings is 2. The number of aryl methyl sites for hydroxylation is 1. The van der Waals surface area contributed by atoms with Gasteiger partial charge in [0.25, 0.3) is 5.91 Å². The average molecular weight is 343 g/mol. The Kier molecular flexibility index (Phi) is 4.00. The number of carbonyl (C=O) groups is 1. The SMILES string of the molecule is Cn1ccc2ccc(C(=O)N3CCC(C#N)(c4ccccc4)CC3)cc21. The second-order valence-corrected chi connectivity index (χ2v) is 7.05. The van der Waals surface area contributed by atoms with Crippen LogP contribution in [0, 0.1) is 11.3 Å². The van der Waals surface area contributed by atoms with Gasteiger partial charge in [-0.2, -0.15) is 5.26 Å². The molecule has 0 spiro atoms. The molecule has 1 fully saturated rings. The molecule has 0 N–H and O–H groups in total. The number of nitriles is 1. The van der Waals surface area contributed by atoms with Gasteiger partial charge in [0, 0.05) is 37.4 Å². The highest BCUT2D eigenvalue weighted by atomic mass is 16.2. The van der Waals surface area contributed by atoms with Crippen LogP contribution < -0.4 is 0 Å². The molecule has 1 aliphatic heterocycles. The number of hydrogen-bond donors (Lipinski definition) is 0. The van der Waals surface area contributed by atoms with Crippen molar-refractivity contribution in [2.75, 3.05) is 13.1 Å². The van der Waals surface area contributed by atoms with Crippen molar-refractivity contribution in [2.24, 2.45) is 7.05 Å². The lowest BCUT2D eigenvalue weighted by atomic mass is 9.74. The summed E-state index contributed by atoms with van der Waals surface area (Å²) in [6.07, 6.45) is 3.35. The normalized spacial score (nSPS) is 16.4. The zero-order valence-corrected chi connectivity index (χ0v) is 14.9. The summed E-state index contributed by atoms with van der Waals surface area (Å²) in [5, 5.41) is 10.9. The summed E-state index contributed by atoms with van der Waals surface area (Å²) >= 11 is 0. The molecule has 0 saturated carbocycles. The number of fused-ring (bicyclic) bond motifs is 1. The molecule has 4 nitrogen and oxygen atoms in total. The van der Waals surface area contributed by atoms with Crippen LogP contribution in [0.5, 0.6) is 0 Å². The second kappa shape index (κ2) is 6.34. The van der Waals surface area contributed by atoms with Gasteiger partial charge in [-0.1, -0.05) is 36.4 Å². The van der Waals surface area contributed by atoms with Crippen LogP contribution in [0.3, 0.4) is 0 Å². The number of hydrogen-bond acceptors (Lipinski definition) is 2. The number of piperidine rings is 1. The molecule has 1 amide bonds. The van der Waals surface area contributed by atoms with E-state index < -0.39 is 5.41 Å². The summed E-state index contributed by atoms with van der Waals surface area (Å²) in [6.45, 7) is 1.21. The van der Waals surface area contributed by atoms with E-state index in [1.54, 1.807) is 0 Å². The summed E-state index contributed by atoms with van der Waals surface area (Å²) in [7, 11) is 1.98. The highest BCUT2D eigenvalue weighted by molar-refractivity contribution is 5.98. The van der Waals surface area contributed by atoms with Crippen molar-refractivity contribution in [1.29, 1.82) is 5.26 Å². The van der Waals surface area contributed by atoms with E-state index in [0.717, 1.165) is 16.5 Å². The first-order valence-corrected chi connectivity index (χ1v) is 8.94. The quantitative estimate of drug-likeness (QED) is 0.709. The van der Waals surface area contributed by atoms with E-state index in [4.69, 9.17) is 0 Å². The average Bonchev–Trinajstić information content (AvgIpc) is 3.08. The van der Waals surface area contributed by atoms with Gasteiger partial charge in [0.05, 0.1) is 11.5 Å². The number of likely N-dealkylation sites (tertiary alicyclic amines) is 1. The number of amides is 1. The summed E-state index contributed by atoms with van der Waals surface area (Å²) in [5.74, 6) is 0.0488. The fourth-order valence-electron chi connectivity index (χ4n) is 3.89. The summed E-state index contributed by atoms with van der Waals surface area (Å²) < 4.78 is 2.03. The minimum absolute atomic E-state index is 0.0488. The van der Waals surface area contributed by atoms with E-state index in [2.05, 4.69) is 6.07 Å². The summed E-state index contributed by atoms with van der Waals surface area (Å²) in [4.78, 5) is 14.8. The third-order valence-corrected chi connectivity index (χ3v) is 5.58. The van der Waals surface area contributed by atoms with Crippen LogP contribution in [0.25, 0.3) is 10.9 Å². The topological polar surface area (TPSA) is 49.0 Å². The zero-order chi connectivity index (χ0) is 18.1. The molecule has 1 saturated heterocycles. The van der Waals surface area contributed by atoms with E-state index >= 15 is 0 Å². The Morgan fingerprint density at radius 2 is 1.81 bits per heavy atom. The summed E-state index contributed by atoms with van der Waals surface area (Å²) in [6, 6.07) is 20.4. The molecule has 0 bridgehead atoms. The molecule has 0 radical (unpaired) electrons. The summed E-state index contributed by atoms with van der Waals surface area (Å²) in [5.41, 5.74) is 2.34. The van der Waals surface area contributed by atoms with Crippen LogP contribution >= 0.6 is 0 Å². The van der Waals surface area contributed by atoms with Gasteiger partial charge in [0.1, 0.15) is 0 Å². The van der Waals surface area contributed by atoms with E-state index in [0.29, 0.717) is 31.5 Å². The van der Waals surface area contributed by atoms with Crippen molar-refractivity contribution in [3.63, 3.8) is 0 Å². The van der Waals surface area contributed by atoms with E-state index in [1.165, 1.54) is 0 Å². The minimum Gasteiger partial charge on any atom is -0.351 e. The lowest BCUT2D eigenvalue weighted by Crippen LogP contribution is -2.44. The first-order valence-electron chi connectivity index (χ1n) is 8.94. The molecule has 0 atom stereocenters. The van der Waals surface area contributed by atoms with Crippen LogP contribution in [-0.4, -0.2) is 28.5 Å². The monoisotopic (exact) mass is 343 g/mol. The highest BCUT2D eigenvalue weighted by Gasteiger charge is 2.37. The van der Waals surface area contributed by atoms with Crippen molar-refractivity contribution in [3.05, 3.63) is 71.9 Å². The number of carbonyl (C=O) groups excluding carboxylic acids is 1. The van der Waals surface area contributed by atoms with Crippen molar-refractivity contribution in [1.82, 2.24) is 9.47 Å². The molecule has 0 unspecified atom stereocenters. The molecule has 4 rings (SSSR count). The molecule has 3 aromatic rings. The maximum Gasteiger partial charge on any atom is 0.253 e. The van der Waals surface area contributed by atoms with Crippen molar-refractivity contribution >= 4 is 16.8 Å². The van der Waals surface area contributed by atoms with Gasteiger partial charge in [0.15, 0.2) is 0 Å². The van der Waals surface area contributed by atoms with Gasteiger partial charge in [-0.3, -0.25) is 4.79 Å². The van der Waals surface area contributed by atoms with Crippen molar-refractivity contribution < 1.29 is 4.79 Å². The fourth-order valence-corrected chi connectivity index (χ4v) is 3.89. The molecular formula is C22H21N3O. The molecule has 0 aliphatic carbocycles. The predicted molar refractivity (Wildman–Crippen MR) is 102 cm³/mol. The molecular weight excluding hydrogens is 322 g/mol. The first kappa shape index (κ1) is 16.4. The third kappa shape index (κ3) is 2.66. The van der Waals surface area contributed by atoms with Gasteiger partial charge >= 0.3 is 0 Å². The Hall–Kier alpha value is -3.06. The smallest absolute Gasteiger partial charge is 0.253 e. The second-order valence-electron chi connectivity index (χ2n) is 7.05. The molecule has 4 heteroatoms. The molecule has 130 valence electrons. The van der Waals surface area contributed by atoms with E-state index in [-0.39, 0.29) is 5.91 Å². The largest absolute Gasteiger partial charge is 0.351 e. The van der Waals surface area contributed by atoms with E-state index in [1.807, 2.05) is 77.3 Å². The minimum atomic E-state index is -0.486. The van der Waals surface area contributed by atoms with Gasteiger partial charge in [-0.05, 0) is 42.0 Å². The zero-order valence-electron chi connectivity index (χ0n) is 14.9. The van der Waals surface area contributed by atoms with E-state index in [9.17, 15) is 10.1 Å². The lowest BCUT2D eigenvalue weighted by Gasteiger charge is -2.37. The van der Waals surface area contributed by atoms with Crippen LogP contribution in [0.15, 0.2) is 60.8 Å². The Morgan fingerprint density at radius 1 is 1.08 bits per heavy atom. The maximum absolute atomic E-state index is 12.9. The Balaban J connectivity index is 1.54. The first-order chi connectivity index (χ1) is 12.6. The molecule has 2 heterocycles. The standard InChI is InChI=1S/C22H21N3O/c1-24-12-9-17-7-8-18(15-20(17)24)21(26)25-13-10-22(16-23,11-14-25)19-5-3-2-4-6-19/h2-9,12,15H,10-11,13-14H2,1H3. The Bertz CT molecular complexity index is 989. The van der Waals surface area contributed by atoms with Gasteiger partial charge in [0.2, 0.25) is 0 Å². The molecule has 1 aliphatic rings. The highest BCUT2D eigenvalue weighted by Crippen LogP contribution is 2.35. The Morgan fingerprint density at radius 3 is 2.50 bits per heavy atom. The fraction of sp³-hybridized carbons (Fsp3) is 0.273. The van der Waals surface area contributed by atoms with Crippen molar-refractivity contribution in [3.8, 4) is 6.07 Å². The number of aromatic nitrogens is 1. The van der Waals surface area contributed by atoms with Crippen LogP contribution in [0.2, 0.25) is 0 Å². The van der Waals surface area contributed by atoms with Crippen LogP contribution in [-0.2, 0) is 12.5 Å². The van der Waals surface area contributed by atoms with Gasteiger partial charge in [-0.15, -0.1) is 0 Å².